The molecule has 0 bridgehead atoms. The molecule has 1 aliphatic rings. The zero-order valence-corrected chi connectivity index (χ0v) is 15.2. The maximum absolute atomic E-state index is 13.8. The van der Waals surface area contributed by atoms with Crippen molar-refractivity contribution in [1.29, 1.82) is 0 Å². The summed E-state index contributed by atoms with van der Waals surface area (Å²) in [5.41, 5.74) is 1.38. The molecule has 2 amide bonds. The van der Waals surface area contributed by atoms with Gasteiger partial charge in [0.25, 0.3) is 0 Å². The number of methoxy groups -OCH3 is 1. The molecular formula is C19H23FN4O2. The lowest BCUT2D eigenvalue weighted by Gasteiger charge is -2.40. The van der Waals surface area contributed by atoms with E-state index in [0.29, 0.717) is 25.3 Å². The van der Waals surface area contributed by atoms with Crippen molar-refractivity contribution in [3.8, 4) is 5.75 Å². The van der Waals surface area contributed by atoms with Gasteiger partial charge in [0.15, 0.2) is 11.6 Å². The van der Waals surface area contributed by atoms with Crippen LogP contribution in [0.2, 0.25) is 0 Å². The number of piperazine rings is 1. The Labute approximate surface area is 152 Å². The van der Waals surface area contributed by atoms with E-state index in [0.717, 1.165) is 11.5 Å². The molecule has 1 N–H and O–H groups in total. The molecule has 1 aromatic carbocycles. The van der Waals surface area contributed by atoms with Gasteiger partial charge in [0.05, 0.1) is 7.11 Å². The molecule has 7 heteroatoms. The number of ether oxygens (including phenoxy) is 1. The fourth-order valence-electron chi connectivity index (χ4n) is 3.11. The van der Waals surface area contributed by atoms with E-state index in [1.807, 2.05) is 32.0 Å². The SMILES string of the molecule is COc1ccc(NC(=O)N2CCN(c3cccc(C)n3)C[C@H]2C)cc1F. The van der Waals surface area contributed by atoms with Gasteiger partial charge in [-0.1, -0.05) is 6.07 Å². The van der Waals surface area contributed by atoms with Crippen LogP contribution < -0.4 is 15.0 Å². The van der Waals surface area contributed by atoms with Crippen LogP contribution in [0.25, 0.3) is 0 Å². The summed E-state index contributed by atoms with van der Waals surface area (Å²) in [7, 11) is 1.40. The van der Waals surface area contributed by atoms with Crippen LogP contribution in [0, 0.1) is 12.7 Å². The number of rotatable bonds is 3. The lowest BCUT2D eigenvalue weighted by atomic mass is 10.2. The van der Waals surface area contributed by atoms with Crippen molar-refractivity contribution >= 4 is 17.5 Å². The first-order chi connectivity index (χ1) is 12.5. The van der Waals surface area contributed by atoms with E-state index in [-0.39, 0.29) is 17.8 Å². The molecule has 0 radical (unpaired) electrons. The normalized spacial score (nSPS) is 17.2. The van der Waals surface area contributed by atoms with Gasteiger partial charge >= 0.3 is 6.03 Å². The van der Waals surface area contributed by atoms with Crippen molar-refractivity contribution in [3.63, 3.8) is 0 Å². The summed E-state index contributed by atoms with van der Waals surface area (Å²) in [6.07, 6.45) is 0. The number of anilines is 2. The van der Waals surface area contributed by atoms with Crippen LogP contribution in [0.1, 0.15) is 12.6 Å². The smallest absolute Gasteiger partial charge is 0.322 e. The van der Waals surface area contributed by atoms with E-state index in [1.165, 1.54) is 19.2 Å². The first-order valence-electron chi connectivity index (χ1n) is 8.57. The molecule has 26 heavy (non-hydrogen) atoms. The van der Waals surface area contributed by atoms with Crippen molar-refractivity contribution in [2.75, 3.05) is 37.0 Å². The summed E-state index contributed by atoms with van der Waals surface area (Å²) in [5, 5.41) is 2.76. The average molecular weight is 358 g/mol. The molecule has 0 aliphatic carbocycles. The Hall–Kier alpha value is -2.83. The number of carbonyl (C=O) groups is 1. The summed E-state index contributed by atoms with van der Waals surface area (Å²) >= 11 is 0. The van der Waals surface area contributed by atoms with Gasteiger partial charge in [0.1, 0.15) is 5.82 Å². The second-order valence-corrected chi connectivity index (χ2v) is 6.41. The predicted molar refractivity (Wildman–Crippen MR) is 99.3 cm³/mol. The first-order valence-corrected chi connectivity index (χ1v) is 8.57. The van der Waals surface area contributed by atoms with Crippen LogP contribution >= 0.6 is 0 Å². The van der Waals surface area contributed by atoms with Gasteiger partial charge in [-0.25, -0.2) is 14.2 Å². The molecule has 0 saturated carbocycles. The number of hydrogen-bond acceptors (Lipinski definition) is 4. The largest absolute Gasteiger partial charge is 0.494 e. The standard InChI is InChI=1S/C19H23FN4O2/c1-13-5-4-6-18(21-13)23-9-10-24(14(2)12-23)19(25)22-15-7-8-17(26-3)16(20)11-15/h4-8,11,14H,9-10,12H2,1-3H3,(H,22,25)/t14-/m1/s1. The summed E-state index contributed by atoms with van der Waals surface area (Å²) in [5.74, 6) is 0.568. The number of aryl methyl sites for hydroxylation is 1. The zero-order valence-electron chi connectivity index (χ0n) is 15.2. The monoisotopic (exact) mass is 358 g/mol. The Kier molecular flexibility index (Phi) is 5.25. The minimum atomic E-state index is -0.506. The maximum Gasteiger partial charge on any atom is 0.322 e. The van der Waals surface area contributed by atoms with E-state index in [4.69, 9.17) is 4.74 Å². The zero-order chi connectivity index (χ0) is 18.7. The highest BCUT2D eigenvalue weighted by molar-refractivity contribution is 5.89. The lowest BCUT2D eigenvalue weighted by molar-refractivity contribution is 0.184. The van der Waals surface area contributed by atoms with Gasteiger partial charge in [-0.2, -0.15) is 0 Å². The van der Waals surface area contributed by atoms with Crippen LogP contribution in [-0.2, 0) is 0 Å². The van der Waals surface area contributed by atoms with Crippen LogP contribution in [0.4, 0.5) is 20.7 Å². The van der Waals surface area contributed by atoms with Gasteiger partial charge in [0, 0.05) is 43.1 Å². The molecule has 1 aromatic heterocycles. The Morgan fingerprint density at radius 3 is 2.77 bits per heavy atom. The molecule has 138 valence electrons. The van der Waals surface area contributed by atoms with E-state index in [1.54, 1.807) is 11.0 Å². The number of nitrogens with zero attached hydrogens (tertiary/aromatic N) is 3. The second kappa shape index (κ2) is 7.59. The molecule has 1 saturated heterocycles. The predicted octanol–water partition coefficient (Wildman–Crippen LogP) is 3.28. The lowest BCUT2D eigenvalue weighted by Crippen LogP contribution is -2.55. The summed E-state index contributed by atoms with van der Waals surface area (Å²) in [4.78, 5) is 21.0. The fraction of sp³-hybridized carbons (Fsp3) is 0.368. The van der Waals surface area contributed by atoms with Crippen LogP contribution in [0.5, 0.6) is 5.75 Å². The molecule has 1 fully saturated rings. The first kappa shape index (κ1) is 18.0. The number of hydrogen-bond donors (Lipinski definition) is 1. The van der Waals surface area contributed by atoms with Crippen molar-refractivity contribution < 1.29 is 13.9 Å². The third-order valence-corrected chi connectivity index (χ3v) is 4.49. The van der Waals surface area contributed by atoms with Crippen molar-refractivity contribution in [2.45, 2.75) is 19.9 Å². The van der Waals surface area contributed by atoms with Crippen LogP contribution in [0.15, 0.2) is 36.4 Å². The van der Waals surface area contributed by atoms with Gasteiger partial charge in [-0.15, -0.1) is 0 Å². The molecule has 1 atom stereocenters. The van der Waals surface area contributed by atoms with Gasteiger partial charge in [0.2, 0.25) is 0 Å². The highest BCUT2D eigenvalue weighted by Gasteiger charge is 2.28. The molecule has 2 aromatic rings. The van der Waals surface area contributed by atoms with Gasteiger partial charge in [-0.3, -0.25) is 0 Å². The highest BCUT2D eigenvalue weighted by atomic mass is 19.1. The third kappa shape index (κ3) is 3.87. The van der Waals surface area contributed by atoms with Gasteiger partial charge < -0.3 is 19.9 Å². The van der Waals surface area contributed by atoms with Gasteiger partial charge in [-0.05, 0) is 38.1 Å². The van der Waals surface area contributed by atoms with Crippen molar-refractivity contribution in [2.24, 2.45) is 0 Å². The third-order valence-electron chi connectivity index (χ3n) is 4.49. The Morgan fingerprint density at radius 2 is 2.12 bits per heavy atom. The summed E-state index contributed by atoms with van der Waals surface area (Å²) in [6, 6.07) is 10.1. The minimum Gasteiger partial charge on any atom is -0.494 e. The van der Waals surface area contributed by atoms with Crippen molar-refractivity contribution in [3.05, 3.63) is 47.9 Å². The van der Waals surface area contributed by atoms with E-state index in [9.17, 15) is 9.18 Å². The number of halogens is 1. The maximum atomic E-state index is 13.8. The summed E-state index contributed by atoms with van der Waals surface area (Å²) in [6.45, 7) is 5.92. The number of nitrogens with one attached hydrogen (secondary N) is 1. The molecule has 2 heterocycles. The van der Waals surface area contributed by atoms with Crippen molar-refractivity contribution in [1.82, 2.24) is 9.88 Å². The average Bonchev–Trinajstić information content (AvgIpc) is 2.61. The number of carbonyl (C=O) groups excluding carboxylic acids is 1. The quantitative estimate of drug-likeness (QED) is 0.915. The molecule has 3 rings (SSSR count). The Morgan fingerprint density at radius 1 is 1.31 bits per heavy atom. The number of urea groups is 1. The van der Waals surface area contributed by atoms with Crippen LogP contribution in [0.3, 0.4) is 0 Å². The fourth-order valence-corrected chi connectivity index (χ4v) is 3.11. The highest BCUT2D eigenvalue weighted by Crippen LogP contribution is 2.22. The molecule has 6 nitrogen and oxygen atoms in total. The van der Waals surface area contributed by atoms with Crippen LogP contribution in [-0.4, -0.2) is 48.7 Å². The minimum absolute atomic E-state index is 0.00848. The topological polar surface area (TPSA) is 57.7 Å². The number of amides is 2. The number of benzene rings is 1. The number of pyridine rings is 1. The Balaban J connectivity index is 1.63. The number of aromatic nitrogens is 1. The van der Waals surface area contributed by atoms with E-state index >= 15 is 0 Å². The molecule has 0 spiro atoms. The second-order valence-electron chi connectivity index (χ2n) is 6.41. The summed E-state index contributed by atoms with van der Waals surface area (Å²) < 4.78 is 18.7. The van der Waals surface area contributed by atoms with E-state index in [2.05, 4.69) is 15.2 Å². The molecular weight excluding hydrogens is 335 g/mol. The van der Waals surface area contributed by atoms with E-state index < -0.39 is 5.82 Å². The Bertz CT molecular complexity index is 799. The molecule has 1 aliphatic heterocycles. The molecule has 0 unspecified atom stereocenters.